The summed E-state index contributed by atoms with van der Waals surface area (Å²) >= 11 is 0. The number of hydrogen-bond donors (Lipinski definition) is 0. The van der Waals surface area contributed by atoms with Gasteiger partial charge in [0.2, 0.25) is 0 Å². The number of piperidine rings is 1. The van der Waals surface area contributed by atoms with Crippen LogP contribution in [-0.2, 0) is 9.53 Å². The summed E-state index contributed by atoms with van der Waals surface area (Å²) in [7, 11) is 1.37. The minimum atomic E-state index is -0.337. The summed E-state index contributed by atoms with van der Waals surface area (Å²) in [4.78, 5) is 23.8. The lowest BCUT2D eigenvalue weighted by Gasteiger charge is -2.43. The molecule has 0 saturated carbocycles. The molecule has 3 aliphatic rings. The van der Waals surface area contributed by atoms with E-state index >= 15 is 0 Å². The third-order valence-corrected chi connectivity index (χ3v) is 2.97. The van der Waals surface area contributed by atoms with E-state index in [1.54, 1.807) is 4.90 Å². The average molecular weight is 195 g/mol. The van der Waals surface area contributed by atoms with Crippen LogP contribution >= 0.6 is 0 Å². The molecule has 0 radical (unpaired) electrons. The van der Waals surface area contributed by atoms with Gasteiger partial charge in [-0.15, -0.1) is 0 Å². The molecular weight excluding hydrogens is 182 g/mol. The average Bonchev–Trinajstić information content (AvgIpc) is 2.28. The highest BCUT2D eigenvalue weighted by molar-refractivity contribution is 5.70. The van der Waals surface area contributed by atoms with Crippen LogP contribution in [0.5, 0.6) is 0 Å². The van der Waals surface area contributed by atoms with Crippen molar-refractivity contribution in [3.05, 3.63) is 12.2 Å². The lowest BCUT2D eigenvalue weighted by Crippen LogP contribution is -2.53. The molecule has 0 N–H and O–H groups in total. The van der Waals surface area contributed by atoms with Crippen LogP contribution in [0.15, 0.2) is 12.2 Å². The SMILES string of the molecule is COC(=O)N1C[C@@H]2C=C[C@H]1[C@H](C=O)C2. The van der Waals surface area contributed by atoms with Crippen LogP contribution in [0, 0.1) is 11.8 Å². The second-order valence-electron chi connectivity index (χ2n) is 3.79. The van der Waals surface area contributed by atoms with E-state index in [1.165, 1.54) is 7.11 Å². The molecule has 76 valence electrons. The van der Waals surface area contributed by atoms with E-state index in [2.05, 4.69) is 10.8 Å². The van der Waals surface area contributed by atoms with E-state index in [4.69, 9.17) is 0 Å². The molecule has 2 heterocycles. The Labute approximate surface area is 82.5 Å². The number of fused-ring (bicyclic) bond motifs is 2. The third-order valence-electron chi connectivity index (χ3n) is 2.97. The fraction of sp³-hybridized carbons (Fsp3) is 0.600. The molecule has 1 fully saturated rings. The normalized spacial score (nSPS) is 34.4. The first-order chi connectivity index (χ1) is 6.76. The maximum absolute atomic E-state index is 11.4. The maximum atomic E-state index is 11.4. The summed E-state index contributed by atoms with van der Waals surface area (Å²) < 4.78 is 4.67. The molecule has 1 amide bonds. The lowest BCUT2D eigenvalue weighted by molar-refractivity contribution is -0.114. The topological polar surface area (TPSA) is 46.6 Å². The molecule has 3 atom stereocenters. The summed E-state index contributed by atoms with van der Waals surface area (Å²) in [6, 6.07) is -0.0926. The van der Waals surface area contributed by atoms with Gasteiger partial charge in [0.1, 0.15) is 6.29 Å². The van der Waals surface area contributed by atoms with Gasteiger partial charge in [-0.05, 0) is 12.3 Å². The van der Waals surface area contributed by atoms with Crippen LogP contribution in [0.3, 0.4) is 0 Å². The number of ether oxygens (including phenoxy) is 1. The first-order valence-corrected chi connectivity index (χ1v) is 4.74. The van der Waals surface area contributed by atoms with E-state index in [0.29, 0.717) is 12.5 Å². The Bertz CT molecular complexity index is 287. The first-order valence-electron chi connectivity index (χ1n) is 4.74. The summed E-state index contributed by atoms with van der Waals surface area (Å²) in [5.74, 6) is 0.257. The van der Waals surface area contributed by atoms with Gasteiger partial charge in [-0.25, -0.2) is 4.79 Å². The Kier molecular flexibility index (Phi) is 2.27. The van der Waals surface area contributed by atoms with Gasteiger partial charge in [-0.3, -0.25) is 0 Å². The molecule has 1 aliphatic carbocycles. The number of hydrogen-bond acceptors (Lipinski definition) is 3. The lowest BCUT2D eigenvalue weighted by atomic mass is 9.78. The summed E-state index contributed by atoms with van der Waals surface area (Å²) in [5.41, 5.74) is 0. The van der Waals surface area contributed by atoms with Gasteiger partial charge in [-0.2, -0.15) is 0 Å². The van der Waals surface area contributed by atoms with Crippen molar-refractivity contribution in [2.24, 2.45) is 11.8 Å². The number of aldehydes is 1. The highest BCUT2D eigenvalue weighted by atomic mass is 16.5. The van der Waals surface area contributed by atoms with Crippen molar-refractivity contribution in [1.29, 1.82) is 0 Å². The van der Waals surface area contributed by atoms with Gasteiger partial charge < -0.3 is 14.4 Å². The fourth-order valence-electron chi connectivity index (χ4n) is 2.28. The number of methoxy groups -OCH3 is 1. The van der Waals surface area contributed by atoms with Gasteiger partial charge in [0.25, 0.3) is 0 Å². The van der Waals surface area contributed by atoms with Crippen molar-refractivity contribution in [3.8, 4) is 0 Å². The van der Waals surface area contributed by atoms with Crippen molar-refractivity contribution in [1.82, 2.24) is 4.90 Å². The van der Waals surface area contributed by atoms with Crippen molar-refractivity contribution in [2.75, 3.05) is 13.7 Å². The van der Waals surface area contributed by atoms with E-state index in [9.17, 15) is 9.59 Å². The molecule has 2 bridgehead atoms. The predicted molar refractivity (Wildman–Crippen MR) is 49.7 cm³/mol. The molecule has 0 aromatic carbocycles. The van der Waals surface area contributed by atoms with E-state index in [0.717, 1.165) is 12.7 Å². The number of amides is 1. The Morgan fingerprint density at radius 1 is 1.57 bits per heavy atom. The molecule has 0 aromatic heterocycles. The summed E-state index contributed by atoms with van der Waals surface area (Å²) in [6.45, 7) is 0.679. The smallest absolute Gasteiger partial charge is 0.410 e. The van der Waals surface area contributed by atoms with Crippen LogP contribution in [0.4, 0.5) is 4.79 Å². The molecule has 0 unspecified atom stereocenters. The highest BCUT2D eigenvalue weighted by Gasteiger charge is 2.39. The molecule has 4 heteroatoms. The number of nitrogens with zero attached hydrogens (tertiary/aromatic N) is 1. The largest absolute Gasteiger partial charge is 0.453 e. The van der Waals surface area contributed by atoms with E-state index in [1.807, 2.05) is 6.08 Å². The molecule has 3 rings (SSSR count). The monoisotopic (exact) mass is 195 g/mol. The standard InChI is InChI=1S/C10H13NO3/c1-14-10(13)11-5-7-2-3-9(11)8(4-7)6-12/h2-3,6-9H,4-5H2,1H3/t7-,8+,9+/m1/s1. The van der Waals surface area contributed by atoms with Crippen molar-refractivity contribution >= 4 is 12.4 Å². The van der Waals surface area contributed by atoms with E-state index in [-0.39, 0.29) is 18.1 Å². The van der Waals surface area contributed by atoms with Crippen LogP contribution in [0.1, 0.15) is 6.42 Å². The van der Waals surface area contributed by atoms with Gasteiger partial charge in [0, 0.05) is 12.5 Å². The molecular formula is C10H13NO3. The summed E-state index contributed by atoms with van der Waals surface area (Å²) in [5, 5.41) is 0. The number of carbonyl (C=O) groups excluding carboxylic acids is 2. The molecule has 0 aromatic rings. The molecule has 4 nitrogen and oxygen atoms in total. The summed E-state index contributed by atoms with van der Waals surface area (Å²) in [6.07, 6.45) is 5.49. The number of rotatable bonds is 1. The minimum absolute atomic E-state index is 0.0575. The zero-order valence-corrected chi connectivity index (χ0v) is 8.05. The minimum Gasteiger partial charge on any atom is -0.453 e. The van der Waals surface area contributed by atoms with Crippen molar-refractivity contribution in [2.45, 2.75) is 12.5 Å². The van der Waals surface area contributed by atoms with Crippen LogP contribution in [-0.4, -0.2) is 37.0 Å². The Morgan fingerprint density at radius 2 is 2.36 bits per heavy atom. The van der Waals surface area contributed by atoms with Gasteiger partial charge in [-0.1, -0.05) is 12.2 Å². The molecule has 1 saturated heterocycles. The van der Waals surface area contributed by atoms with Crippen molar-refractivity contribution < 1.29 is 14.3 Å². The first kappa shape index (κ1) is 9.24. The van der Waals surface area contributed by atoms with Gasteiger partial charge in [0.05, 0.1) is 13.2 Å². The Balaban J connectivity index is 2.19. The Morgan fingerprint density at radius 3 is 2.93 bits per heavy atom. The van der Waals surface area contributed by atoms with Gasteiger partial charge >= 0.3 is 6.09 Å². The Hall–Kier alpha value is -1.32. The quantitative estimate of drug-likeness (QED) is 0.460. The molecule has 2 aliphatic heterocycles. The molecule has 14 heavy (non-hydrogen) atoms. The van der Waals surface area contributed by atoms with Crippen LogP contribution in [0.25, 0.3) is 0 Å². The van der Waals surface area contributed by atoms with Crippen LogP contribution < -0.4 is 0 Å². The second-order valence-corrected chi connectivity index (χ2v) is 3.79. The second kappa shape index (κ2) is 3.44. The zero-order chi connectivity index (χ0) is 10.1. The number of carbonyl (C=O) groups is 2. The third kappa shape index (κ3) is 1.31. The van der Waals surface area contributed by atoms with Crippen molar-refractivity contribution in [3.63, 3.8) is 0 Å². The molecule has 0 spiro atoms. The highest BCUT2D eigenvalue weighted by Crippen LogP contribution is 2.33. The fourth-order valence-corrected chi connectivity index (χ4v) is 2.28. The predicted octanol–water partition coefficient (Wildman–Crippen LogP) is 0.828. The zero-order valence-electron chi connectivity index (χ0n) is 8.05. The maximum Gasteiger partial charge on any atom is 0.410 e. The van der Waals surface area contributed by atoms with E-state index < -0.39 is 0 Å². The van der Waals surface area contributed by atoms with Gasteiger partial charge in [0.15, 0.2) is 0 Å². The van der Waals surface area contributed by atoms with Crippen LogP contribution in [0.2, 0.25) is 0 Å².